The van der Waals surface area contributed by atoms with E-state index < -0.39 is 29.6 Å². The van der Waals surface area contributed by atoms with Gasteiger partial charge < -0.3 is 15.4 Å². The largest absolute Gasteiger partial charge is 0.475 e. The highest BCUT2D eigenvalue weighted by atomic mass is 19.4. The van der Waals surface area contributed by atoms with E-state index >= 15 is 4.39 Å². The first-order chi connectivity index (χ1) is 16.7. The Hall–Kier alpha value is -3.96. The molecule has 3 aromatic heterocycles. The Morgan fingerprint density at radius 3 is 2.74 bits per heavy atom. The van der Waals surface area contributed by atoms with E-state index in [4.69, 9.17) is 10.5 Å². The molecule has 0 bridgehead atoms. The summed E-state index contributed by atoms with van der Waals surface area (Å²) < 4.78 is 61.5. The third kappa shape index (κ3) is 3.60. The zero-order valence-corrected chi connectivity index (χ0v) is 18.1. The van der Waals surface area contributed by atoms with Gasteiger partial charge in [-0.25, -0.2) is 19.3 Å². The lowest BCUT2D eigenvalue weighted by molar-refractivity contribution is -0.141. The third-order valence-corrected chi connectivity index (χ3v) is 6.40. The number of amides is 1. The fourth-order valence-electron chi connectivity index (χ4n) is 4.43. The molecule has 1 fully saturated rings. The van der Waals surface area contributed by atoms with Crippen molar-refractivity contribution in [2.24, 2.45) is 5.92 Å². The van der Waals surface area contributed by atoms with Crippen molar-refractivity contribution < 1.29 is 27.1 Å². The minimum Gasteiger partial charge on any atom is -0.475 e. The third-order valence-electron chi connectivity index (χ3n) is 6.40. The average Bonchev–Trinajstić information content (AvgIpc) is 3.32. The van der Waals surface area contributed by atoms with Crippen LogP contribution in [0.4, 0.5) is 23.4 Å². The number of rotatable bonds is 4. The van der Waals surface area contributed by atoms with E-state index in [1.807, 2.05) is 0 Å². The number of imidazole rings is 1. The fourth-order valence-corrected chi connectivity index (χ4v) is 4.43. The van der Waals surface area contributed by atoms with Crippen molar-refractivity contribution >= 4 is 28.3 Å². The molecule has 1 atom stereocenters. The monoisotopic (exact) mass is 486 g/mol. The summed E-state index contributed by atoms with van der Waals surface area (Å²) in [6.07, 6.45) is 0.212. The lowest BCUT2D eigenvalue weighted by Gasteiger charge is -2.28. The quantitative estimate of drug-likeness (QED) is 0.438. The Labute approximate surface area is 195 Å². The van der Waals surface area contributed by atoms with Crippen molar-refractivity contribution in [2.45, 2.75) is 25.1 Å². The van der Waals surface area contributed by atoms with Crippen LogP contribution < -0.4 is 10.5 Å². The number of nitrogens with two attached hydrogens (primary N) is 1. The van der Waals surface area contributed by atoms with Gasteiger partial charge in [-0.1, -0.05) is 0 Å². The summed E-state index contributed by atoms with van der Waals surface area (Å²) in [5, 5.41) is 0. The van der Waals surface area contributed by atoms with Gasteiger partial charge in [-0.3, -0.25) is 9.20 Å². The number of fused-ring (bicyclic) bond motifs is 4. The van der Waals surface area contributed by atoms with Gasteiger partial charge in [0.25, 0.3) is 5.91 Å². The maximum absolute atomic E-state index is 15.2. The molecule has 1 aliphatic heterocycles. The summed E-state index contributed by atoms with van der Waals surface area (Å²) in [6.45, 7) is 0.256. The van der Waals surface area contributed by atoms with Crippen molar-refractivity contribution in [3.05, 3.63) is 59.4 Å². The molecular formula is C23H18F4N6O2. The van der Waals surface area contributed by atoms with Gasteiger partial charge in [0.2, 0.25) is 5.88 Å². The number of anilines is 1. The number of nitrogens with zero attached hydrogens (tertiary/aromatic N) is 5. The molecule has 6 rings (SSSR count). The molecule has 0 spiro atoms. The molecule has 0 saturated heterocycles. The zero-order valence-electron chi connectivity index (χ0n) is 18.1. The minimum atomic E-state index is -4.62. The number of benzene rings is 1. The normalized spacial score (nSPS) is 17.5. The highest BCUT2D eigenvalue weighted by Gasteiger charge is 2.40. The van der Waals surface area contributed by atoms with Crippen LogP contribution in [0.15, 0.2) is 36.8 Å². The molecular weight excluding hydrogens is 468 g/mol. The van der Waals surface area contributed by atoms with E-state index in [1.54, 1.807) is 4.40 Å². The molecule has 12 heteroatoms. The molecule has 1 aromatic carbocycles. The van der Waals surface area contributed by atoms with Gasteiger partial charge in [-0.15, -0.1) is 0 Å². The number of hydrogen-bond donors (Lipinski definition) is 1. The molecule has 35 heavy (non-hydrogen) atoms. The molecule has 1 amide bonds. The van der Waals surface area contributed by atoms with E-state index in [0.717, 1.165) is 25.0 Å². The summed E-state index contributed by atoms with van der Waals surface area (Å²) >= 11 is 0. The van der Waals surface area contributed by atoms with E-state index in [0.29, 0.717) is 23.1 Å². The van der Waals surface area contributed by atoms with E-state index in [-0.39, 0.29) is 35.3 Å². The number of hydrogen-bond acceptors (Lipinski definition) is 6. The lowest BCUT2D eigenvalue weighted by Crippen LogP contribution is -2.38. The summed E-state index contributed by atoms with van der Waals surface area (Å²) in [5.74, 6) is -1.13. The van der Waals surface area contributed by atoms with Crippen LogP contribution in [0.2, 0.25) is 0 Å². The number of halogens is 4. The average molecular weight is 486 g/mol. The smallest absolute Gasteiger partial charge is 0.433 e. The van der Waals surface area contributed by atoms with Crippen LogP contribution in [-0.4, -0.2) is 43.3 Å². The maximum atomic E-state index is 15.2. The predicted molar refractivity (Wildman–Crippen MR) is 116 cm³/mol. The van der Waals surface area contributed by atoms with Crippen LogP contribution in [0, 0.1) is 11.7 Å². The molecule has 8 nitrogen and oxygen atoms in total. The Balaban J connectivity index is 1.42. The molecule has 180 valence electrons. The number of pyridine rings is 1. The second kappa shape index (κ2) is 7.52. The van der Waals surface area contributed by atoms with Gasteiger partial charge in [0.15, 0.2) is 0 Å². The predicted octanol–water partition coefficient (Wildman–Crippen LogP) is 4.00. The van der Waals surface area contributed by atoms with Crippen molar-refractivity contribution in [3.8, 4) is 5.88 Å². The van der Waals surface area contributed by atoms with E-state index in [1.165, 1.54) is 29.6 Å². The second-order valence-electron chi connectivity index (χ2n) is 8.78. The van der Waals surface area contributed by atoms with Crippen LogP contribution in [0.1, 0.15) is 40.5 Å². The Morgan fingerprint density at radius 2 is 2.00 bits per heavy atom. The maximum Gasteiger partial charge on any atom is 0.433 e. The van der Waals surface area contributed by atoms with Gasteiger partial charge in [0.05, 0.1) is 35.2 Å². The molecule has 2 aliphatic rings. The van der Waals surface area contributed by atoms with E-state index in [2.05, 4.69) is 15.0 Å². The van der Waals surface area contributed by atoms with Crippen LogP contribution in [0.25, 0.3) is 16.6 Å². The SMILES string of the molecule is Nc1nc2cc(F)c(C(=O)N(CC3CC3)C3COc4nc(C(F)(F)F)ccc43)cc2n2cncc12. The highest BCUT2D eigenvalue weighted by Crippen LogP contribution is 2.41. The van der Waals surface area contributed by atoms with Gasteiger partial charge in [0.1, 0.15) is 29.5 Å². The topological polar surface area (TPSA) is 98.6 Å². The number of carbonyl (C=O) groups is 1. The van der Waals surface area contributed by atoms with Crippen molar-refractivity contribution in [1.82, 2.24) is 24.3 Å². The summed E-state index contributed by atoms with van der Waals surface area (Å²) in [6, 6.07) is 3.98. The first-order valence-electron chi connectivity index (χ1n) is 10.9. The highest BCUT2D eigenvalue weighted by molar-refractivity contribution is 5.98. The fraction of sp³-hybridized carbons (Fsp3) is 0.304. The van der Waals surface area contributed by atoms with Crippen molar-refractivity contribution in [1.29, 1.82) is 0 Å². The van der Waals surface area contributed by atoms with Crippen LogP contribution in [0.5, 0.6) is 5.88 Å². The van der Waals surface area contributed by atoms with Crippen LogP contribution in [0.3, 0.4) is 0 Å². The molecule has 1 unspecified atom stereocenters. The van der Waals surface area contributed by atoms with Crippen LogP contribution in [-0.2, 0) is 6.18 Å². The van der Waals surface area contributed by atoms with Gasteiger partial charge in [-0.2, -0.15) is 13.2 Å². The zero-order chi connectivity index (χ0) is 24.5. The molecule has 1 aliphatic carbocycles. The summed E-state index contributed by atoms with van der Waals surface area (Å²) in [7, 11) is 0. The summed E-state index contributed by atoms with van der Waals surface area (Å²) in [5.41, 5.74) is 6.25. The standard InChI is InChI=1S/C23H18F4N6O2/c24-14-6-15-16(33-10-29-7-17(33)20(28)30-15)5-13(14)22(34)32(8-11-1-2-11)18-9-35-21-12(18)3-4-19(31-21)23(25,26)27/h3-7,10-11,18H,1-2,8-9H2,(H2,28,30). The van der Waals surface area contributed by atoms with Crippen molar-refractivity contribution in [3.63, 3.8) is 0 Å². The van der Waals surface area contributed by atoms with Gasteiger partial charge in [-0.05, 0) is 37.0 Å². The lowest BCUT2D eigenvalue weighted by atomic mass is 10.1. The number of carbonyl (C=O) groups excluding carboxylic acids is 1. The van der Waals surface area contributed by atoms with Gasteiger partial charge >= 0.3 is 6.18 Å². The first-order valence-corrected chi connectivity index (χ1v) is 10.9. The molecule has 0 radical (unpaired) electrons. The molecule has 4 heterocycles. The van der Waals surface area contributed by atoms with E-state index in [9.17, 15) is 18.0 Å². The Kier molecular flexibility index (Phi) is 4.63. The second-order valence-corrected chi connectivity index (χ2v) is 8.78. The van der Waals surface area contributed by atoms with Crippen LogP contribution >= 0.6 is 0 Å². The molecule has 2 N–H and O–H groups in total. The number of alkyl halides is 3. The Morgan fingerprint density at radius 1 is 1.20 bits per heavy atom. The Bertz CT molecular complexity index is 1500. The number of aromatic nitrogens is 4. The number of nitrogen functional groups attached to an aromatic ring is 1. The first kappa shape index (κ1) is 21.6. The molecule has 1 saturated carbocycles. The minimum absolute atomic E-state index is 0.0683. The van der Waals surface area contributed by atoms with Gasteiger partial charge in [0, 0.05) is 18.2 Å². The summed E-state index contributed by atoms with van der Waals surface area (Å²) in [4.78, 5) is 27.0. The van der Waals surface area contributed by atoms with Crippen molar-refractivity contribution in [2.75, 3.05) is 18.9 Å². The number of ether oxygens (including phenoxy) is 1. The molecule has 4 aromatic rings.